The summed E-state index contributed by atoms with van der Waals surface area (Å²) in [5, 5.41) is 2.85. The Labute approximate surface area is 181 Å². The second kappa shape index (κ2) is 12.7. The van der Waals surface area contributed by atoms with Gasteiger partial charge in [0.05, 0.1) is 0 Å². The molecule has 160 valence electrons. The summed E-state index contributed by atoms with van der Waals surface area (Å²) in [4.78, 5) is 15.6. The molecule has 1 unspecified atom stereocenters. The summed E-state index contributed by atoms with van der Waals surface area (Å²) in [6, 6.07) is 8.12. The van der Waals surface area contributed by atoms with Gasteiger partial charge < -0.3 is 10.1 Å². The van der Waals surface area contributed by atoms with Gasteiger partial charge in [-0.3, -0.25) is 4.79 Å². The number of allylic oxidation sites excluding steroid dienone is 2. The number of benzene rings is 1. The van der Waals surface area contributed by atoms with E-state index in [1.807, 2.05) is 12.1 Å². The van der Waals surface area contributed by atoms with E-state index in [2.05, 4.69) is 54.7 Å². The van der Waals surface area contributed by atoms with Gasteiger partial charge in [0.2, 0.25) is 5.91 Å². The van der Waals surface area contributed by atoms with Crippen molar-refractivity contribution in [2.24, 2.45) is 4.99 Å². The minimum atomic E-state index is -0.00771. The van der Waals surface area contributed by atoms with E-state index < -0.39 is 0 Å². The van der Waals surface area contributed by atoms with E-state index in [0.29, 0.717) is 12.6 Å². The van der Waals surface area contributed by atoms with Gasteiger partial charge in [-0.05, 0) is 49.3 Å². The lowest BCUT2D eigenvalue weighted by atomic mass is 9.96. The lowest BCUT2D eigenvalue weighted by Crippen LogP contribution is -2.25. The van der Waals surface area contributed by atoms with E-state index in [-0.39, 0.29) is 11.8 Å². The predicted octanol–water partition coefficient (Wildman–Crippen LogP) is 5.51. The zero-order valence-electron chi connectivity index (χ0n) is 18.5. The van der Waals surface area contributed by atoms with Crippen molar-refractivity contribution < 1.29 is 9.53 Å². The monoisotopic (exact) mass is 406 g/mol. The summed E-state index contributed by atoms with van der Waals surface area (Å²) in [5.74, 6) is 7.37. The number of carbonyl (C=O) groups excluding carboxylic acids is 1. The molecule has 1 fully saturated rings. The van der Waals surface area contributed by atoms with Crippen molar-refractivity contribution in [2.75, 3.05) is 6.54 Å². The van der Waals surface area contributed by atoms with E-state index in [1.54, 1.807) is 12.3 Å². The third-order valence-electron chi connectivity index (χ3n) is 5.15. The second-order valence-corrected chi connectivity index (χ2v) is 7.80. The largest absolute Gasteiger partial charge is 0.477 e. The van der Waals surface area contributed by atoms with Crippen molar-refractivity contribution in [1.82, 2.24) is 5.32 Å². The number of nitrogens with one attached hydrogen (secondary N) is 1. The highest BCUT2D eigenvalue weighted by Crippen LogP contribution is 2.23. The average Bonchev–Trinajstić information content (AvgIpc) is 2.72. The lowest BCUT2D eigenvalue weighted by molar-refractivity contribution is -0.119. The number of amides is 1. The van der Waals surface area contributed by atoms with Gasteiger partial charge >= 0.3 is 0 Å². The quantitative estimate of drug-likeness (QED) is 0.255. The Bertz CT molecular complexity index is 821. The van der Waals surface area contributed by atoms with Gasteiger partial charge in [0.25, 0.3) is 0 Å². The molecular formula is C26H34N2O2. The van der Waals surface area contributed by atoms with Crippen molar-refractivity contribution >= 4 is 11.8 Å². The van der Waals surface area contributed by atoms with E-state index in [4.69, 9.17) is 4.74 Å². The molecule has 1 N–H and O–H groups in total. The standard InChI is InChI=1S/C26H34N2O2/c1-5-7-11-26(30-25-9-8-10-25)28-19-22(6-2)12-13-23-14-16-24(17-15-23)20(3)18-27-21(4)29/h6,14-17,19-20,25H,2,5,7-11,18H2,1,3-4H3,(H,27,29)/b22-19+,28-26?. The third-order valence-corrected chi connectivity index (χ3v) is 5.15. The molecule has 0 aromatic heterocycles. The Morgan fingerprint density at radius 1 is 1.37 bits per heavy atom. The summed E-state index contributed by atoms with van der Waals surface area (Å²) in [7, 11) is 0. The van der Waals surface area contributed by atoms with Crippen LogP contribution in [-0.4, -0.2) is 24.5 Å². The molecule has 0 heterocycles. The van der Waals surface area contributed by atoms with Crippen LogP contribution in [0.2, 0.25) is 0 Å². The molecule has 4 heteroatoms. The predicted molar refractivity (Wildman–Crippen MR) is 124 cm³/mol. The van der Waals surface area contributed by atoms with Crippen molar-refractivity contribution in [3.05, 3.63) is 59.8 Å². The van der Waals surface area contributed by atoms with Crippen molar-refractivity contribution in [1.29, 1.82) is 0 Å². The summed E-state index contributed by atoms with van der Waals surface area (Å²) in [5.41, 5.74) is 2.87. The number of aliphatic imine (C=N–C) groups is 1. The van der Waals surface area contributed by atoms with Gasteiger partial charge in [-0.2, -0.15) is 0 Å². The molecule has 0 aliphatic heterocycles. The molecule has 0 spiro atoms. The van der Waals surface area contributed by atoms with E-state index in [1.165, 1.54) is 18.9 Å². The number of hydrogen-bond acceptors (Lipinski definition) is 3. The van der Waals surface area contributed by atoms with Crippen LogP contribution in [0.1, 0.15) is 76.3 Å². The molecule has 30 heavy (non-hydrogen) atoms. The van der Waals surface area contributed by atoms with Crippen molar-refractivity contribution in [3.8, 4) is 11.8 Å². The molecule has 1 aromatic rings. The van der Waals surface area contributed by atoms with E-state index in [9.17, 15) is 4.79 Å². The van der Waals surface area contributed by atoms with Crippen LogP contribution in [0.25, 0.3) is 0 Å². The van der Waals surface area contributed by atoms with Crippen LogP contribution >= 0.6 is 0 Å². The second-order valence-electron chi connectivity index (χ2n) is 7.80. The van der Waals surface area contributed by atoms with Crippen LogP contribution in [-0.2, 0) is 9.53 Å². The molecule has 4 nitrogen and oxygen atoms in total. The molecule has 1 amide bonds. The van der Waals surface area contributed by atoms with Crippen molar-refractivity contribution in [2.45, 2.75) is 71.3 Å². The fourth-order valence-corrected chi connectivity index (χ4v) is 2.89. The summed E-state index contributed by atoms with van der Waals surface area (Å²) in [6.45, 7) is 10.3. The average molecular weight is 407 g/mol. The van der Waals surface area contributed by atoms with Gasteiger partial charge in [-0.15, -0.1) is 0 Å². The minimum Gasteiger partial charge on any atom is -0.477 e. The highest BCUT2D eigenvalue weighted by Gasteiger charge is 2.20. The van der Waals surface area contributed by atoms with Crippen LogP contribution in [0.4, 0.5) is 0 Å². The van der Waals surface area contributed by atoms with Crippen LogP contribution in [0.5, 0.6) is 0 Å². The maximum Gasteiger partial charge on any atom is 0.216 e. The number of unbranched alkanes of at least 4 members (excludes halogenated alkanes) is 1. The first kappa shape index (κ1) is 23.5. The highest BCUT2D eigenvalue weighted by molar-refractivity contribution is 5.77. The zero-order valence-corrected chi connectivity index (χ0v) is 18.5. The molecule has 1 aliphatic carbocycles. The van der Waals surface area contributed by atoms with Crippen LogP contribution in [0, 0.1) is 11.8 Å². The Hall–Kier alpha value is -2.80. The van der Waals surface area contributed by atoms with Gasteiger partial charge in [0, 0.05) is 37.2 Å². The first-order valence-electron chi connectivity index (χ1n) is 10.9. The topological polar surface area (TPSA) is 50.7 Å². The fraction of sp³-hybridized carbons (Fsp3) is 0.462. The van der Waals surface area contributed by atoms with Crippen LogP contribution < -0.4 is 5.32 Å². The van der Waals surface area contributed by atoms with Gasteiger partial charge in [0.1, 0.15) is 6.10 Å². The molecule has 0 bridgehead atoms. The minimum absolute atomic E-state index is 0.00771. The molecule has 2 rings (SSSR count). The lowest BCUT2D eigenvalue weighted by Gasteiger charge is -2.26. The Balaban J connectivity index is 2.03. The maximum atomic E-state index is 11.1. The smallest absolute Gasteiger partial charge is 0.216 e. The molecular weight excluding hydrogens is 372 g/mol. The third kappa shape index (κ3) is 8.29. The van der Waals surface area contributed by atoms with E-state index >= 15 is 0 Å². The number of carbonyl (C=O) groups is 1. The molecule has 0 saturated heterocycles. The summed E-state index contributed by atoms with van der Waals surface area (Å²) >= 11 is 0. The molecule has 1 saturated carbocycles. The Morgan fingerprint density at radius 2 is 2.10 bits per heavy atom. The molecule has 0 radical (unpaired) electrons. The first-order chi connectivity index (χ1) is 14.5. The van der Waals surface area contributed by atoms with Crippen molar-refractivity contribution in [3.63, 3.8) is 0 Å². The van der Waals surface area contributed by atoms with Crippen LogP contribution in [0.15, 0.2) is 53.7 Å². The van der Waals surface area contributed by atoms with Gasteiger partial charge in [-0.1, -0.05) is 56.9 Å². The van der Waals surface area contributed by atoms with Gasteiger partial charge in [0.15, 0.2) is 5.90 Å². The Kier molecular flexibility index (Phi) is 9.94. The number of nitrogens with zero attached hydrogens (tertiary/aromatic N) is 1. The maximum absolute atomic E-state index is 11.1. The number of ether oxygens (including phenoxy) is 1. The number of hydrogen-bond donors (Lipinski definition) is 1. The molecule has 1 aromatic carbocycles. The van der Waals surface area contributed by atoms with Gasteiger partial charge in [-0.25, -0.2) is 4.99 Å². The Morgan fingerprint density at radius 3 is 2.67 bits per heavy atom. The first-order valence-corrected chi connectivity index (χ1v) is 10.9. The van der Waals surface area contributed by atoms with Crippen LogP contribution in [0.3, 0.4) is 0 Å². The molecule has 1 aliphatic rings. The normalized spacial score (nSPS) is 15.4. The highest BCUT2D eigenvalue weighted by atomic mass is 16.5. The SMILES string of the molecule is C=C/C(C#Cc1ccc(C(C)CNC(C)=O)cc1)=C\N=C(CCCC)OC1CCC1. The fourth-order valence-electron chi connectivity index (χ4n) is 2.89. The summed E-state index contributed by atoms with van der Waals surface area (Å²) in [6.07, 6.45) is 10.4. The number of rotatable bonds is 9. The zero-order chi connectivity index (χ0) is 21.8. The summed E-state index contributed by atoms with van der Waals surface area (Å²) < 4.78 is 6.01. The molecule has 1 atom stereocenters. The van der Waals surface area contributed by atoms with E-state index in [0.717, 1.165) is 49.1 Å².